The summed E-state index contributed by atoms with van der Waals surface area (Å²) in [5, 5.41) is 7.82. The van der Waals surface area contributed by atoms with Crippen LogP contribution in [0.3, 0.4) is 0 Å². The van der Waals surface area contributed by atoms with Crippen LogP contribution in [0.25, 0.3) is 0 Å². The van der Waals surface area contributed by atoms with Crippen molar-refractivity contribution in [3.63, 3.8) is 0 Å². The molecule has 1 atom stereocenters. The molecule has 0 aliphatic carbocycles. The summed E-state index contributed by atoms with van der Waals surface area (Å²) < 4.78 is 77.3. The van der Waals surface area contributed by atoms with Gasteiger partial charge in [0.2, 0.25) is 11.9 Å². The van der Waals surface area contributed by atoms with Gasteiger partial charge < -0.3 is 15.1 Å². The first-order valence-corrected chi connectivity index (χ1v) is 11.9. The molecule has 36 heavy (non-hydrogen) atoms. The van der Waals surface area contributed by atoms with Gasteiger partial charge in [0.15, 0.2) is 0 Å². The van der Waals surface area contributed by atoms with Gasteiger partial charge in [-0.1, -0.05) is 0 Å². The first-order chi connectivity index (χ1) is 16.9. The molecular formula is C20H23F6N7O2S. The summed E-state index contributed by atoms with van der Waals surface area (Å²) in [4.78, 5) is 34.9. The third-order valence-electron chi connectivity index (χ3n) is 5.25. The molecule has 1 aliphatic heterocycles. The van der Waals surface area contributed by atoms with Crippen molar-refractivity contribution in [2.75, 3.05) is 47.9 Å². The molecule has 1 aliphatic rings. The van der Waals surface area contributed by atoms with Crippen LogP contribution in [0, 0.1) is 0 Å². The molecule has 2 aromatic heterocycles. The quantitative estimate of drug-likeness (QED) is 0.390. The Morgan fingerprint density at radius 3 is 2.31 bits per heavy atom. The topological polar surface area (TPSA) is 107 Å². The van der Waals surface area contributed by atoms with Crippen molar-refractivity contribution in [2.45, 2.75) is 31.7 Å². The van der Waals surface area contributed by atoms with Crippen LogP contribution in [-0.2, 0) is 17.1 Å². The van der Waals surface area contributed by atoms with Crippen LogP contribution in [0.15, 0.2) is 23.4 Å². The average molecular weight is 540 g/mol. The smallest absolute Gasteiger partial charge is 0.380 e. The second-order valence-corrected chi connectivity index (χ2v) is 9.14. The van der Waals surface area contributed by atoms with Crippen LogP contribution in [0.1, 0.15) is 24.5 Å². The van der Waals surface area contributed by atoms with Gasteiger partial charge in [-0.2, -0.15) is 43.2 Å². The van der Waals surface area contributed by atoms with E-state index >= 15 is 0 Å². The number of nitrogens with zero attached hydrogens (tertiary/aromatic N) is 5. The first-order valence-electron chi connectivity index (χ1n) is 10.8. The second kappa shape index (κ2) is 11.3. The normalized spacial score (nSPS) is 15.6. The van der Waals surface area contributed by atoms with Crippen molar-refractivity contribution in [3.8, 4) is 0 Å². The summed E-state index contributed by atoms with van der Waals surface area (Å²) in [6.45, 7) is 3.12. The predicted octanol–water partition coefficient (Wildman–Crippen LogP) is 2.87. The summed E-state index contributed by atoms with van der Waals surface area (Å²) in [7, 11) is 0. The van der Waals surface area contributed by atoms with Gasteiger partial charge in [0.1, 0.15) is 5.56 Å². The SMILES string of the molecule is C[C@@H](CSCCC(=O)N1CCN(c2ncc(C(F)(F)F)cn2)CC1)Nc1cn[nH]c(=O)c1C(F)(F)F. The fourth-order valence-corrected chi connectivity index (χ4v) is 4.38. The highest BCUT2D eigenvalue weighted by atomic mass is 32.2. The molecule has 198 valence electrons. The van der Waals surface area contributed by atoms with Gasteiger partial charge in [0, 0.05) is 62.5 Å². The number of halogens is 6. The number of hydrogen-bond donors (Lipinski definition) is 2. The number of rotatable bonds is 8. The molecule has 0 unspecified atom stereocenters. The van der Waals surface area contributed by atoms with Gasteiger partial charge in [-0.05, 0) is 6.92 Å². The number of alkyl halides is 6. The number of hydrogen-bond acceptors (Lipinski definition) is 8. The van der Waals surface area contributed by atoms with E-state index in [0.717, 1.165) is 18.6 Å². The molecule has 3 rings (SSSR count). The Bertz CT molecular complexity index is 1090. The Hall–Kier alpha value is -3.04. The van der Waals surface area contributed by atoms with Crippen LogP contribution in [0.4, 0.5) is 38.0 Å². The molecule has 1 fully saturated rings. The fourth-order valence-electron chi connectivity index (χ4n) is 3.46. The molecule has 3 heterocycles. The number of H-pyrrole nitrogens is 1. The predicted molar refractivity (Wildman–Crippen MR) is 121 cm³/mol. The minimum absolute atomic E-state index is 0.103. The lowest BCUT2D eigenvalue weighted by molar-refractivity contribution is -0.139. The molecular weight excluding hydrogens is 516 g/mol. The standard InChI is InChI=1S/C20H23F6N7O2S/c1-12(30-14-10-29-31-17(35)16(14)20(24,25)26)11-36-7-2-15(34)32-3-5-33(6-4-32)18-27-8-13(9-28-18)19(21,22)23/h8-10,12H,2-7,11H2,1H3,(H2,30,31,35)/t12-/m0/s1. The van der Waals surface area contributed by atoms with E-state index in [4.69, 9.17) is 0 Å². The summed E-state index contributed by atoms with van der Waals surface area (Å²) in [5.74, 6) is 0.883. The Morgan fingerprint density at radius 2 is 1.72 bits per heavy atom. The number of anilines is 2. The lowest BCUT2D eigenvalue weighted by atomic mass is 10.2. The van der Waals surface area contributed by atoms with Gasteiger partial charge in [0.05, 0.1) is 17.4 Å². The summed E-state index contributed by atoms with van der Waals surface area (Å²) >= 11 is 1.37. The monoisotopic (exact) mass is 539 g/mol. The van der Waals surface area contributed by atoms with Crippen LogP contribution in [0.2, 0.25) is 0 Å². The van der Waals surface area contributed by atoms with Crippen molar-refractivity contribution in [1.82, 2.24) is 25.1 Å². The number of carbonyl (C=O) groups is 1. The minimum Gasteiger partial charge on any atom is -0.380 e. The Labute approximate surface area is 205 Å². The zero-order valence-electron chi connectivity index (χ0n) is 19.0. The molecule has 0 spiro atoms. The fraction of sp³-hybridized carbons (Fsp3) is 0.550. The van der Waals surface area contributed by atoms with E-state index in [1.807, 2.05) is 0 Å². The maximum absolute atomic E-state index is 13.1. The van der Waals surface area contributed by atoms with E-state index in [0.29, 0.717) is 37.7 Å². The Kier molecular flexibility index (Phi) is 8.68. The zero-order chi connectivity index (χ0) is 26.5. The highest BCUT2D eigenvalue weighted by Crippen LogP contribution is 2.32. The van der Waals surface area contributed by atoms with E-state index in [9.17, 15) is 35.9 Å². The second-order valence-electron chi connectivity index (χ2n) is 7.99. The van der Waals surface area contributed by atoms with Gasteiger partial charge in [-0.3, -0.25) is 9.59 Å². The molecule has 0 saturated carbocycles. The number of carbonyl (C=O) groups excluding carboxylic acids is 1. The van der Waals surface area contributed by atoms with E-state index < -0.39 is 40.8 Å². The molecule has 9 nitrogen and oxygen atoms in total. The van der Waals surface area contributed by atoms with Crippen LogP contribution < -0.4 is 15.8 Å². The van der Waals surface area contributed by atoms with E-state index in [1.54, 1.807) is 21.8 Å². The van der Waals surface area contributed by atoms with Gasteiger partial charge >= 0.3 is 12.4 Å². The van der Waals surface area contributed by atoms with Crippen molar-refractivity contribution in [2.24, 2.45) is 0 Å². The van der Waals surface area contributed by atoms with E-state index in [-0.39, 0.29) is 18.3 Å². The summed E-state index contributed by atoms with van der Waals surface area (Å²) in [5.41, 5.74) is -4.02. The number of thioether (sulfide) groups is 1. The van der Waals surface area contributed by atoms with Crippen molar-refractivity contribution >= 4 is 29.3 Å². The number of aromatic nitrogens is 4. The van der Waals surface area contributed by atoms with Crippen molar-refractivity contribution in [1.29, 1.82) is 0 Å². The number of aromatic amines is 1. The van der Waals surface area contributed by atoms with Crippen molar-refractivity contribution in [3.05, 3.63) is 40.1 Å². The molecule has 0 bridgehead atoms. The maximum Gasteiger partial charge on any atom is 0.423 e. The van der Waals surface area contributed by atoms with Gasteiger partial charge in [-0.25, -0.2) is 15.1 Å². The van der Waals surface area contributed by atoms with Gasteiger partial charge in [-0.15, -0.1) is 0 Å². The van der Waals surface area contributed by atoms with E-state index in [2.05, 4.69) is 20.4 Å². The van der Waals surface area contributed by atoms with Gasteiger partial charge in [0.25, 0.3) is 5.56 Å². The van der Waals surface area contributed by atoms with Crippen LogP contribution >= 0.6 is 11.8 Å². The lowest BCUT2D eigenvalue weighted by Crippen LogP contribution is -2.49. The third-order valence-corrected chi connectivity index (χ3v) is 6.48. The molecule has 16 heteroatoms. The summed E-state index contributed by atoms with van der Waals surface area (Å²) in [6, 6.07) is -0.429. The Morgan fingerprint density at radius 1 is 1.08 bits per heavy atom. The molecule has 0 aromatic carbocycles. The number of nitrogens with one attached hydrogen (secondary N) is 2. The minimum atomic E-state index is -4.83. The molecule has 0 radical (unpaired) electrons. The average Bonchev–Trinajstić information content (AvgIpc) is 2.80. The first kappa shape index (κ1) is 27.5. The molecule has 1 amide bonds. The van der Waals surface area contributed by atoms with Crippen LogP contribution in [-0.4, -0.2) is 74.7 Å². The largest absolute Gasteiger partial charge is 0.423 e. The number of piperazine rings is 1. The summed E-state index contributed by atoms with van der Waals surface area (Å²) in [6.07, 6.45) is -6.77. The molecule has 1 saturated heterocycles. The van der Waals surface area contributed by atoms with E-state index in [1.165, 1.54) is 11.8 Å². The van der Waals surface area contributed by atoms with Crippen molar-refractivity contribution < 1.29 is 31.1 Å². The third kappa shape index (κ3) is 7.24. The Balaban J connectivity index is 1.40. The molecule has 2 aromatic rings. The van der Waals surface area contributed by atoms with Crippen LogP contribution in [0.5, 0.6) is 0 Å². The highest BCUT2D eigenvalue weighted by molar-refractivity contribution is 7.99. The highest BCUT2D eigenvalue weighted by Gasteiger charge is 2.37. The zero-order valence-corrected chi connectivity index (χ0v) is 19.8. The lowest BCUT2D eigenvalue weighted by Gasteiger charge is -2.34. The maximum atomic E-state index is 13.1. The number of amides is 1. The molecule has 2 N–H and O–H groups in total.